The molecule has 0 saturated carbocycles. The molecular weight excluding hydrogens is 246 g/mol. The summed E-state index contributed by atoms with van der Waals surface area (Å²) >= 11 is 0. The van der Waals surface area contributed by atoms with Crippen molar-refractivity contribution in [1.29, 1.82) is 0 Å². The van der Waals surface area contributed by atoms with E-state index in [0.717, 1.165) is 19.5 Å². The van der Waals surface area contributed by atoms with E-state index in [9.17, 15) is 4.79 Å². The predicted octanol–water partition coefficient (Wildman–Crippen LogP) is 2.10. The highest BCUT2D eigenvalue weighted by Gasteiger charge is 2.10. The van der Waals surface area contributed by atoms with Crippen molar-refractivity contribution in [2.24, 2.45) is 0 Å². The highest BCUT2D eigenvalue weighted by molar-refractivity contribution is 5.86. The Morgan fingerprint density at radius 1 is 1.42 bits per heavy atom. The zero-order valence-electron chi connectivity index (χ0n) is 11.7. The Kier molecular flexibility index (Phi) is 6.92. The van der Waals surface area contributed by atoms with E-state index in [0.29, 0.717) is 12.4 Å². The standard InChI is InChI=1S/C14H21NO4/c1-4-11(10-15-7-8-17-2)9-12-5-6-13(19-12)14(16)18-3/h5-6,9,15H,4,7-8,10H2,1-3H3. The van der Waals surface area contributed by atoms with Gasteiger partial charge in [-0.1, -0.05) is 12.5 Å². The summed E-state index contributed by atoms with van der Waals surface area (Å²) in [7, 11) is 3.01. The number of rotatable bonds is 8. The molecular formula is C14H21NO4. The van der Waals surface area contributed by atoms with E-state index in [2.05, 4.69) is 17.0 Å². The normalized spacial score (nSPS) is 11.6. The number of methoxy groups -OCH3 is 2. The maximum atomic E-state index is 11.3. The fourth-order valence-electron chi connectivity index (χ4n) is 1.54. The van der Waals surface area contributed by atoms with Gasteiger partial charge in [-0.15, -0.1) is 0 Å². The van der Waals surface area contributed by atoms with Gasteiger partial charge in [-0.3, -0.25) is 0 Å². The SMILES string of the molecule is CCC(=Cc1ccc(C(=O)OC)o1)CNCCOC. The summed E-state index contributed by atoms with van der Waals surface area (Å²) in [5.41, 5.74) is 1.20. The predicted molar refractivity (Wildman–Crippen MR) is 73.1 cm³/mol. The molecule has 1 N–H and O–H groups in total. The highest BCUT2D eigenvalue weighted by Crippen LogP contribution is 2.14. The smallest absolute Gasteiger partial charge is 0.373 e. The van der Waals surface area contributed by atoms with Gasteiger partial charge >= 0.3 is 5.97 Å². The van der Waals surface area contributed by atoms with Gasteiger partial charge in [-0.05, 0) is 24.6 Å². The summed E-state index contributed by atoms with van der Waals surface area (Å²) in [6.07, 6.45) is 2.85. The molecule has 1 heterocycles. The summed E-state index contributed by atoms with van der Waals surface area (Å²) in [6.45, 7) is 4.34. The molecule has 19 heavy (non-hydrogen) atoms. The van der Waals surface area contributed by atoms with E-state index < -0.39 is 5.97 Å². The van der Waals surface area contributed by atoms with Crippen LogP contribution in [0.2, 0.25) is 0 Å². The maximum absolute atomic E-state index is 11.3. The lowest BCUT2D eigenvalue weighted by molar-refractivity contribution is 0.0564. The zero-order chi connectivity index (χ0) is 14.1. The minimum Gasteiger partial charge on any atom is -0.463 e. The van der Waals surface area contributed by atoms with Crippen LogP contribution in [0.3, 0.4) is 0 Å². The van der Waals surface area contributed by atoms with Crippen LogP contribution in [0.1, 0.15) is 29.7 Å². The van der Waals surface area contributed by atoms with Crippen molar-refractivity contribution < 1.29 is 18.7 Å². The van der Waals surface area contributed by atoms with Crippen LogP contribution in [-0.2, 0) is 9.47 Å². The van der Waals surface area contributed by atoms with Gasteiger partial charge in [0.05, 0.1) is 13.7 Å². The minimum absolute atomic E-state index is 0.219. The molecule has 0 spiro atoms. The largest absolute Gasteiger partial charge is 0.463 e. The summed E-state index contributed by atoms with van der Waals surface area (Å²) in [4.78, 5) is 11.3. The van der Waals surface area contributed by atoms with Crippen molar-refractivity contribution in [3.05, 3.63) is 29.2 Å². The Labute approximate surface area is 113 Å². The maximum Gasteiger partial charge on any atom is 0.373 e. The van der Waals surface area contributed by atoms with Gasteiger partial charge in [-0.25, -0.2) is 4.79 Å². The highest BCUT2D eigenvalue weighted by atomic mass is 16.5. The van der Waals surface area contributed by atoms with Crippen molar-refractivity contribution in [1.82, 2.24) is 5.32 Å². The van der Waals surface area contributed by atoms with Crippen molar-refractivity contribution in [3.63, 3.8) is 0 Å². The molecule has 106 valence electrons. The van der Waals surface area contributed by atoms with Gasteiger partial charge in [-0.2, -0.15) is 0 Å². The first-order chi connectivity index (χ1) is 9.21. The van der Waals surface area contributed by atoms with Crippen molar-refractivity contribution in [2.45, 2.75) is 13.3 Å². The zero-order valence-corrected chi connectivity index (χ0v) is 11.7. The van der Waals surface area contributed by atoms with Gasteiger partial charge in [0.2, 0.25) is 5.76 Å². The first-order valence-corrected chi connectivity index (χ1v) is 6.28. The summed E-state index contributed by atoms with van der Waals surface area (Å²) in [6, 6.07) is 3.38. The fraction of sp³-hybridized carbons (Fsp3) is 0.500. The van der Waals surface area contributed by atoms with E-state index in [1.807, 2.05) is 6.08 Å². The second-order valence-corrected chi connectivity index (χ2v) is 4.02. The second kappa shape index (κ2) is 8.50. The number of esters is 1. The Bertz CT molecular complexity index is 423. The topological polar surface area (TPSA) is 60.7 Å². The van der Waals surface area contributed by atoms with E-state index in [-0.39, 0.29) is 5.76 Å². The molecule has 1 rings (SSSR count). The first-order valence-electron chi connectivity index (χ1n) is 6.28. The van der Waals surface area contributed by atoms with E-state index >= 15 is 0 Å². The van der Waals surface area contributed by atoms with Crippen LogP contribution in [0.5, 0.6) is 0 Å². The van der Waals surface area contributed by atoms with Crippen LogP contribution >= 0.6 is 0 Å². The van der Waals surface area contributed by atoms with Gasteiger partial charge in [0.25, 0.3) is 0 Å². The van der Waals surface area contributed by atoms with Crippen LogP contribution in [0.15, 0.2) is 22.1 Å². The number of hydrogen-bond acceptors (Lipinski definition) is 5. The second-order valence-electron chi connectivity index (χ2n) is 4.02. The lowest BCUT2D eigenvalue weighted by Gasteiger charge is -2.06. The van der Waals surface area contributed by atoms with Crippen LogP contribution < -0.4 is 5.32 Å². The average Bonchev–Trinajstić information content (AvgIpc) is 2.89. The molecule has 1 aromatic heterocycles. The Hall–Kier alpha value is -1.59. The molecule has 5 heteroatoms. The lowest BCUT2D eigenvalue weighted by atomic mass is 10.1. The van der Waals surface area contributed by atoms with Crippen molar-refractivity contribution in [3.8, 4) is 0 Å². The van der Waals surface area contributed by atoms with Crippen LogP contribution in [0.25, 0.3) is 6.08 Å². The number of ether oxygens (including phenoxy) is 2. The van der Waals surface area contributed by atoms with Crippen molar-refractivity contribution in [2.75, 3.05) is 33.9 Å². The molecule has 0 aliphatic carbocycles. The molecule has 0 unspecified atom stereocenters. The number of carbonyl (C=O) groups is 1. The lowest BCUT2D eigenvalue weighted by Crippen LogP contribution is -2.21. The van der Waals surface area contributed by atoms with Crippen LogP contribution in [0.4, 0.5) is 0 Å². The minimum atomic E-state index is -0.462. The molecule has 0 radical (unpaired) electrons. The Balaban J connectivity index is 2.59. The molecule has 0 bridgehead atoms. The van der Waals surface area contributed by atoms with Crippen LogP contribution in [-0.4, -0.2) is 39.9 Å². The van der Waals surface area contributed by atoms with Gasteiger partial charge in [0, 0.05) is 20.2 Å². The number of furan rings is 1. The summed E-state index contributed by atoms with van der Waals surface area (Å²) in [5, 5.41) is 3.27. The Morgan fingerprint density at radius 2 is 2.21 bits per heavy atom. The molecule has 0 fully saturated rings. The third-order valence-electron chi connectivity index (χ3n) is 2.65. The van der Waals surface area contributed by atoms with E-state index in [4.69, 9.17) is 9.15 Å². The fourth-order valence-corrected chi connectivity index (χ4v) is 1.54. The van der Waals surface area contributed by atoms with E-state index in [1.54, 1.807) is 19.2 Å². The molecule has 0 aromatic carbocycles. The van der Waals surface area contributed by atoms with Crippen LogP contribution in [0, 0.1) is 0 Å². The summed E-state index contributed by atoms with van der Waals surface area (Å²) < 4.78 is 15.0. The molecule has 0 saturated heterocycles. The quantitative estimate of drug-likeness (QED) is 0.577. The number of nitrogens with one attached hydrogen (secondary N) is 1. The monoisotopic (exact) mass is 267 g/mol. The molecule has 0 aliphatic heterocycles. The third kappa shape index (κ3) is 5.28. The van der Waals surface area contributed by atoms with Gasteiger partial charge in [0.15, 0.2) is 0 Å². The average molecular weight is 267 g/mol. The molecule has 5 nitrogen and oxygen atoms in total. The first kappa shape index (κ1) is 15.5. The number of carbonyl (C=O) groups excluding carboxylic acids is 1. The third-order valence-corrected chi connectivity index (χ3v) is 2.65. The Morgan fingerprint density at radius 3 is 2.84 bits per heavy atom. The molecule has 0 amide bonds. The number of hydrogen-bond donors (Lipinski definition) is 1. The molecule has 0 aliphatic rings. The summed E-state index contributed by atoms with van der Waals surface area (Å²) in [5.74, 6) is 0.415. The van der Waals surface area contributed by atoms with Gasteiger partial charge < -0.3 is 19.2 Å². The molecule has 1 aromatic rings. The van der Waals surface area contributed by atoms with Gasteiger partial charge in [0.1, 0.15) is 5.76 Å². The van der Waals surface area contributed by atoms with E-state index in [1.165, 1.54) is 12.7 Å². The molecule has 0 atom stereocenters. The van der Waals surface area contributed by atoms with Crippen molar-refractivity contribution >= 4 is 12.0 Å².